The minimum atomic E-state index is 0.128. The van der Waals surface area contributed by atoms with Crippen molar-refractivity contribution in [3.8, 4) is 0 Å². The highest BCUT2D eigenvalue weighted by molar-refractivity contribution is 5.84. The lowest BCUT2D eigenvalue weighted by atomic mass is 9.91. The fourth-order valence-corrected chi connectivity index (χ4v) is 4.67. The summed E-state index contributed by atoms with van der Waals surface area (Å²) in [4.78, 5) is 30.0. The Labute approximate surface area is 178 Å². The van der Waals surface area contributed by atoms with Gasteiger partial charge in [-0.1, -0.05) is 18.2 Å². The molecule has 1 aromatic carbocycles. The first kappa shape index (κ1) is 20.9. The number of hydrogen-bond acceptors (Lipinski definition) is 3. The number of nitrogens with one attached hydrogen (secondary N) is 2. The van der Waals surface area contributed by atoms with Crippen molar-refractivity contribution in [2.45, 2.75) is 57.5 Å². The van der Waals surface area contributed by atoms with Gasteiger partial charge in [-0.15, -0.1) is 0 Å². The quantitative estimate of drug-likeness (QED) is 0.699. The molecule has 30 heavy (non-hydrogen) atoms. The summed E-state index contributed by atoms with van der Waals surface area (Å²) in [6.07, 6.45) is 9.18. The Morgan fingerprint density at radius 1 is 1.13 bits per heavy atom. The van der Waals surface area contributed by atoms with Crippen molar-refractivity contribution in [2.75, 3.05) is 26.2 Å². The number of carbonyl (C=O) groups excluding carboxylic acids is 2. The fourth-order valence-electron chi connectivity index (χ4n) is 4.67. The molecule has 2 aliphatic rings. The van der Waals surface area contributed by atoms with Crippen molar-refractivity contribution in [3.63, 3.8) is 0 Å². The van der Waals surface area contributed by atoms with Gasteiger partial charge in [0, 0.05) is 56.2 Å². The van der Waals surface area contributed by atoms with Crippen LogP contribution in [0.2, 0.25) is 0 Å². The van der Waals surface area contributed by atoms with Gasteiger partial charge in [0.2, 0.25) is 11.8 Å². The van der Waals surface area contributed by atoms with Crippen LogP contribution in [0.3, 0.4) is 0 Å². The van der Waals surface area contributed by atoms with Crippen LogP contribution in [0, 0.1) is 5.92 Å². The molecule has 2 fully saturated rings. The number of benzene rings is 1. The number of rotatable bonds is 8. The number of piperidine rings is 1. The summed E-state index contributed by atoms with van der Waals surface area (Å²) < 4.78 is 5.54. The molecule has 0 aliphatic carbocycles. The van der Waals surface area contributed by atoms with Crippen molar-refractivity contribution in [1.29, 1.82) is 0 Å². The van der Waals surface area contributed by atoms with E-state index in [0.29, 0.717) is 25.3 Å². The van der Waals surface area contributed by atoms with Crippen LogP contribution in [0.25, 0.3) is 10.9 Å². The highest BCUT2D eigenvalue weighted by Crippen LogP contribution is 2.24. The molecule has 2 N–H and O–H groups in total. The van der Waals surface area contributed by atoms with Gasteiger partial charge in [-0.2, -0.15) is 0 Å². The number of amides is 2. The summed E-state index contributed by atoms with van der Waals surface area (Å²) in [5, 5.41) is 4.21. The lowest BCUT2D eigenvalue weighted by Crippen LogP contribution is -2.39. The number of fused-ring (bicyclic) bond motifs is 1. The summed E-state index contributed by atoms with van der Waals surface area (Å²) in [5.41, 5.74) is 2.34. The van der Waals surface area contributed by atoms with Crippen molar-refractivity contribution in [1.82, 2.24) is 15.2 Å². The molecule has 1 unspecified atom stereocenters. The molecular weight excluding hydrogens is 378 g/mol. The molecule has 1 atom stereocenters. The standard InChI is InChI=1S/C24H33N3O3/c28-23(26-17-20-4-3-15-30-20)9-7-18-11-13-27(14-12-18)24(29)10-8-19-16-25-22-6-2-1-5-21(19)22/h1-2,5-6,16,18,20,25H,3-4,7-15,17H2,(H,26,28). The van der Waals surface area contributed by atoms with E-state index < -0.39 is 0 Å². The van der Waals surface area contributed by atoms with Gasteiger partial charge in [0.1, 0.15) is 0 Å². The van der Waals surface area contributed by atoms with Gasteiger partial charge in [0.15, 0.2) is 0 Å². The molecule has 0 bridgehead atoms. The minimum absolute atomic E-state index is 0.128. The highest BCUT2D eigenvalue weighted by atomic mass is 16.5. The average Bonchev–Trinajstić information content (AvgIpc) is 3.45. The molecule has 2 aliphatic heterocycles. The van der Waals surface area contributed by atoms with Gasteiger partial charge in [-0.05, 0) is 56.1 Å². The van der Waals surface area contributed by atoms with E-state index in [1.807, 2.05) is 23.2 Å². The number of nitrogens with zero attached hydrogens (tertiary/aromatic N) is 1. The molecular formula is C24H33N3O3. The fraction of sp³-hybridized carbons (Fsp3) is 0.583. The van der Waals surface area contributed by atoms with Crippen molar-refractivity contribution < 1.29 is 14.3 Å². The first-order valence-corrected chi connectivity index (χ1v) is 11.4. The molecule has 2 aromatic rings. The van der Waals surface area contributed by atoms with Crippen LogP contribution in [0.5, 0.6) is 0 Å². The Hall–Kier alpha value is -2.34. The molecule has 162 valence electrons. The Balaban J connectivity index is 1.13. The zero-order chi connectivity index (χ0) is 20.8. The minimum Gasteiger partial charge on any atom is -0.376 e. The first-order chi connectivity index (χ1) is 14.7. The number of aromatic amines is 1. The normalized spacial score (nSPS) is 20.0. The van der Waals surface area contributed by atoms with E-state index in [1.165, 1.54) is 10.9 Å². The predicted octanol–water partition coefficient (Wildman–Crippen LogP) is 3.41. The number of likely N-dealkylation sites (tertiary alicyclic amines) is 1. The van der Waals surface area contributed by atoms with Crippen LogP contribution < -0.4 is 5.32 Å². The van der Waals surface area contributed by atoms with Crippen LogP contribution in [0.15, 0.2) is 30.5 Å². The second-order valence-electron chi connectivity index (χ2n) is 8.66. The topological polar surface area (TPSA) is 74.4 Å². The maximum Gasteiger partial charge on any atom is 0.222 e. The van der Waals surface area contributed by atoms with Gasteiger partial charge in [-0.3, -0.25) is 9.59 Å². The second-order valence-corrected chi connectivity index (χ2v) is 8.66. The third kappa shape index (κ3) is 5.42. The van der Waals surface area contributed by atoms with Crippen LogP contribution in [-0.2, 0) is 20.7 Å². The molecule has 3 heterocycles. The van der Waals surface area contributed by atoms with Gasteiger partial charge < -0.3 is 19.9 Å². The van der Waals surface area contributed by atoms with E-state index >= 15 is 0 Å². The van der Waals surface area contributed by atoms with Gasteiger partial charge in [0.05, 0.1) is 6.10 Å². The van der Waals surface area contributed by atoms with Crippen LogP contribution in [-0.4, -0.2) is 54.0 Å². The third-order valence-corrected chi connectivity index (χ3v) is 6.58. The molecule has 1 aromatic heterocycles. The molecule has 2 amide bonds. The average molecular weight is 412 g/mol. The maximum atomic E-state index is 12.7. The summed E-state index contributed by atoms with van der Waals surface area (Å²) in [5.74, 6) is 0.909. The lowest BCUT2D eigenvalue weighted by Gasteiger charge is -2.32. The van der Waals surface area contributed by atoms with E-state index in [9.17, 15) is 9.59 Å². The largest absolute Gasteiger partial charge is 0.376 e. The number of para-hydroxylation sites is 1. The third-order valence-electron chi connectivity index (χ3n) is 6.58. The summed E-state index contributed by atoms with van der Waals surface area (Å²) in [7, 11) is 0. The number of H-pyrrole nitrogens is 1. The van der Waals surface area contributed by atoms with Gasteiger partial charge in [-0.25, -0.2) is 0 Å². The number of aryl methyl sites for hydroxylation is 1. The Bertz CT molecular complexity index is 848. The lowest BCUT2D eigenvalue weighted by molar-refractivity contribution is -0.132. The predicted molar refractivity (Wildman–Crippen MR) is 117 cm³/mol. The summed E-state index contributed by atoms with van der Waals surface area (Å²) >= 11 is 0. The zero-order valence-corrected chi connectivity index (χ0v) is 17.7. The van der Waals surface area contributed by atoms with Crippen LogP contribution in [0.4, 0.5) is 0 Å². The first-order valence-electron chi connectivity index (χ1n) is 11.4. The van der Waals surface area contributed by atoms with Gasteiger partial charge in [0.25, 0.3) is 0 Å². The van der Waals surface area contributed by atoms with E-state index in [1.54, 1.807) is 0 Å². The highest BCUT2D eigenvalue weighted by Gasteiger charge is 2.23. The van der Waals surface area contributed by atoms with E-state index in [-0.39, 0.29) is 17.9 Å². The Kier molecular flexibility index (Phi) is 7.05. The Morgan fingerprint density at radius 3 is 2.77 bits per heavy atom. The number of carbonyl (C=O) groups is 2. The summed E-state index contributed by atoms with van der Waals surface area (Å²) in [6.45, 7) is 3.09. The summed E-state index contributed by atoms with van der Waals surface area (Å²) in [6, 6.07) is 8.23. The van der Waals surface area contributed by atoms with Crippen molar-refractivity contribution in [2.24, 2.45) is 5.92 Å². The number of aromatic nitrogens is 1. The van der Waals surface area contributed by atoms with Crippen LogP contribution in [0.1, 0.15) is 50.5 Å². The number of hydrogen-bond donors (Lipinski definition) is 2. The van der Waals surface area contributed by atoms with Crippen molar-refractivity contribution in [3.05, 3.63) is 36.0 Å². The van der Waals surface area contributed by atoms with E-state index in [0.717, 1.165) is 63.7 Å². The number of ether oxygens (including phenoxy) is 1. The van der Waals surface area contributed by atoms with Crippen molar-refractivity contribution >= 4 is 22.7 Å². The monoisotopic (exact) mass is 411 g/mol. The SMILES string of the molecule is O=C(CCC1CCN(C(=O)CCc2c[nH]c3ccccc23)CC1)NCC1CCCO1. The van der Waals surface area contributed by atoms with E-state index in [2.05, 4.69) is 22.4 Å². The molecule has 0 radical (unpaired) electrons. The smallest absolute Gasteiger partial charge is 0.222 e. The van der Waals surface area contributed by atoms with Crippen LogP contribution >= 0.6 is 0 Å². The maximum absolute atomic E-state index is 12.7. The molecule has 0 spiro atoms. The molecule has 0 saturated carbocycles. The molecule has 6 nitrogen and oxygen atoms in total. The Morgan fingerprint density at radius 2 is 1.97 bits per heavy atom. The second kappa shape index (κ2) is 10.1. The zero-order valence-electron chi connectivity index (χ0n) is 17.7. The molecule has 4 rings (SSSR count). The molecule has 6 heteroatoms. The van der Waals surface area contributed by atoms with Gasteiger partial charge >= 0.3 is 0 Å². The van der Waals surface area contributed by atoms with E-state index in [4.69, 9.17) is 4.74 Å². The molecule has 2 saturated heterocycles.